The van der Waals surface area contributed by atoms with Gasteiger partial charge in [-0.15, -0.1) is 11.3 Å². The summed E-state index contributed by atoms with van der Waals surface area (Å²) >= 11 is 7.49. The lowest BCUT2D eigenvalue weighted by Crippen LogP contribution is -2.47. The fourth-order valence-corrected chi connectivity index (χ4v) is 3.68. The maximum Gasteiger partial charge on any atom is 0.187 e. The standard InChI is InChI=1S/C21H24ClN3O2S/c22-17-7-5-16(6-8-17)19-12-28-20(25-19)24-18-9-3-15(4-10-18)2-1-11-21(23,13-26)14-27/h3-10,12,26-27H,1-2,11,13-14,23H2,(H,24,25). The number of aryl methyl sites for hydroxylation is 1. The van der Waals surface area contributed by atoms with Crippen LogP contribution in [0.25, 0.3) is 11.3 Å². The first-order valence-electron chi connectivity index (χ1n) is 9.09. The van der Waals surface area contributed by atoms with E-state index in [-0.39, 0.29) is 13.2 Å². The van der Waals surface area contributed by atoms with E-state index in [9.17, 15) is 10.2 Å². The summed E-state index contributed by atoms with van der Waals surface area (Å²) in [6.07, 6.45) is 2.23. The van der Waals surface area contributed by atoms with Crippen LogP contribution in [0.4, 0.5) is 10.8 Å². The number of aromatic nitrogens is 1. The van der Waals surface area contributed by atoms with Crippen LogP contribution in [-0.2, 0) is 6.42 Å². The Labute approximate surface area is 173 Å². The van der Waals surface area contributed by atoms with E-state index in [1.165, 1.54) is 5.56 Å². The number of hydrogen-bond donors (Lipinski definition) is 4. The van der Waals surface area contributed by atoms with Crippen molar-refractivity contribution in [2.75, 3.05) is 18.5 Å². The zero-order valence-corrected chi connectivity index (χ0v) is 17.0. The molecule has 0 spiro atoms. The first-order valence-corrected chi connectivity index (χ1v) is 10.4. The van der Waals surface area contributed by atoms with Gasteiger partial charge in [0.05, 0.1) is 24.4 Å². The number of benzene rings is 2. The zero-order chi connectivity index (χ0) is 20.0. The Bertz CT molecular complexity index is 877. The Morgan fingerprint density at radius 1 is 1.04 bits per heavy atom. The summed E-state index contributed by atoms with van der Waals surface area (Å²) in [6.45, 7) is -0.420. The molecule has 0 aliphatic rings. The highest BCUT2D eigenvalue weighted by atomic mass is 35.5. The predicted octanol–water partition coefficient (Wildman–Crippen LogP) is 4.21. The highest BCUT2D eigenvalue weighted by Crippen LogP contribution is 2.28. The van der Waals surface area contributed by atoms with Crippen LogP contribution in [0.15, 0.2) is 53.9 Å². The van der Waals surface area contributed by atoms with Crippen LogP contribution >= 0.6 is 22.9 Å². The van der Waals surface area contributed by atoms with Gasteiger partial charge in [0, 0.05) is 21.7 Å². The molecular weight excluding hydrogens is 394 g/mol. The van der Waals surface area contributed by atoms with E-state index < -0.39 is 5.54 Å². The Hall–Kier alpha value is -1.96. The van der Waals surface area contributed by atoms with Crippen molar-refractivity contribution in [3.8, 4) is 11.3 Å². The Balaban J connectivity index is 1.55. The quantitative estimate of drug-likeness (QED) is 0.418. The molecule has 1 aromatic heterocycles. The lowest BCUT2D eigenvalue weighted by molar-refractivity contribution is 0.113. The number of hydrogen-bond acceptors (Lipinski definition) is 6. The fourth-order valence-electron chi connectivity index (χ4n) is 2.82. The number of nitrogens with zero attached hydrogens (tertiary/aromatic N) is 1. The van der Waals surface area contributed by atoms with E-state index in [4.69, 9.17) is 17.3 Å². The number of aliphatic hydroxyl groups is 2. The molecule has 0 fully saturated rings. The summed E-state index contributed by atoms with van der Waals surface area (Å²) in [4.78, 5) is 4.63. The van der Waals surface area contributed by atoms with Crippen molar-refractivity contribution in [3.63, 3.8) is 0 Å². The molecule has 0 saturated carbocycles. The number of rotatable bonds is 9. The number of halogens is 1. The Morgan fingerprint density at radius 3 is 2.36 bits per heavy atom. The van der Waals surface area contributed by atoms with Crippen LogP contribution < -0.4 is 11.1 Å². The maximum atomic E-state index is 9.24. The molecular formula is C21H24ClN3O2S. The van der Waals surface area contributed by atoms with Crippen LogP contribution in [0.1, 0.15) is 18.4 Å². The minimum absolute atomic E-state index is 0.210. The van der Waals surface area contributed by atoms with E-state index in [0.717, 1.165) is 34.9 Å². The van der Waals surface area contributed by atoms with E-state index in [1.54, 1.807) is 11.3 Å². The minimum Gasteiger partial charge on any atom is -0.394 e. The van der Waals surface area contributed by atoms with E-state index >= 15 is 0 Å². The first-order chi connectivity index (χ1) is 13.5. The summed E-state index contributed by atoms with van der Waals surface area (Å²) in [7, 11) is 0. The van der Waals surface area contributed by atoms with Crippen molar-refractivity contribution < 1.29 is 10.2 Å². The average Bonchev–Trinajstić information content (AvgIpc) is 3.18. The predicted molar refractivity (Wildman–Crippen MR) is 116 cm³/mol. The van der Waals surface area contributed by atoms with Crippen LogP contribution in [0.2, 0.25) is 5.02 Å². The van der Waals surface area contributed by atoms with Crippen LogP contribution in [0.5, 0.6) is 0 Å². The molecule has 28 heavy (non-hydrogen) atoms. The van der Waals surface area contributed by atoms with Gasteiger partial charge in [0.15, 0.2) is 5.13 Å². The highest BCUT2D eigenvalue weighted by molar-refractivity contribution is 7.14. The van der Waals surface area contributed by atoms with Crippen molar-refractivity contribution >= 4 is 33.8 Å². The zero-order valence-electron chi connectivity index (χ0n) is 15.4. The summed E-state index contributed by atoms with van der Waals surface area (Å²) in [5.74, 6) is 0. The largest absolute Gasteiger partial charge is 0.394 e. The van der Waals surface area contributed by atoms with E-state index in [2.05, 4.69) is 22.4 Å². The molecule has 5 nitrogen and oxygen atoms in total. The normalized spacial score (nSPS) is 11.6. The second-order valence-electron chi connectivity index (χ2n) is 6.90. The molecule has 5 N–H and O–H groups in total. The third-order valence-electron chi connectivity index (χ3n) is 4.62. The Morgan fingerprint density at radius 2 is 1.71 bits per heavy atom. The lowest BCUT2D eigenvalue weighted by Gasteiger charge is -2.24. The maximum absolute atomic E-state index is 9.24. The van der Waals surface area contributed by atoms with Crippen molar-refractivity contribution in [1.29, 1.82) is 0 Å². The molecule has 3 aromatic rings. The minimum atomic E-state index is -0.895. The lowest BCUT2D eigenvalue weighted by atomic mass is 9.94. The molecule has 0 saturated heterocycles. The summed E-state index contributed by atoms with van der Waals surface area (Å²) < 4.78 is 0. The first kappa shape index (κ1) is 20.8. The third-order valence-corrected chi connectivity index (χ3v) is 5.63. The van der Waals surface area contributed by atoms with Gasteiger partial charge in [-0.1, -0.05) is 35.9 Å². The van der Waals surface area contributed by atoms with Gasteiger partial charge in [-0.2, -0.15) is 0 Å². The smallest absolute Gasteiger partial charge is 0.187 e. The van der Waals surface area contributed by atoms with Gasteiger partial charge in [-0.3, -0.25) is 0 Å². The molecule has 2 aromatic carbocycles. The average molecular weight is 418 g/mol. The summed E-state index contributed by atoms with van der Waals surface area (Å²) in [5, 5.41) is 25.4. The van der Waals surface area contributed by atoms with Crippen molar-refractivity contribution in [2.45, 2.75) is 24.8 Å². The van der Waals surface area contributed by atoms with Crippen LogP contribution in [0.3, 0.4) is 0 Å². The van der Waals surface area contributed by atoms with E-state index in [0.29, 0.717) is 11.4 Å². The monoisotopic (exact) mass is 417 g/mol. The SMILES string of the molecule is NC(CO)(CO)CCCc1ccc(Nc2nc(-c3ccc(Cl)cc3)cs2)cc1. The van der Waals surface area contributed by atoms with Crippen LogP contribution in [-0.4, -0.2) is 33.9 Å². The van der Waals surface area contributed by atoms with Crippen LogP contribution in [0, 0.1) is 0 Å². The topological polar surface area (TPSA) is 91.4 Å². The second-order valence-corrected chi connectivity index (χ2v) is 8.19. The Kier molecular flexibility index (Phi) is 7.04. The molecule has 0 aliphatic heterocycles. The number of anilines is 2. The summed E-state index contributed by atoms with van der Waals surface area (Å²) in [5.41, 5.74) is 9.11. The number of thiazole rings is 1. The molecule has 0 atom stereocenters. The number of nitrogens with two attached hydrogens (primary N) is 1. The van der Waals surface area contributed by atoms with E-state index in [1.807, 2.05) is 41.8 Å². The molecule has 0 aliphatic carbocycles. The third kappa shape index (κ3) is 5.53. The molecule has 0 amide bonds. The molecule has 148 valence electrons. The van der Waals surface area contributed by atoms with Crippen molar-refractivity contribution in [2.24, 2.45) is 5.73 Å². The van der Waals surface area contributed by atoms with Crippen molar-refractivity contribution in [3.05, 3.63) is 64.5 Å². The molecule has 7 heteroatoms. The van der Waals surface area contributed by atoms with Gasteiger partial charge in [-0.05, 0) is 49.1 Å². The fraction of sp³-hybridized carbons (Fsp3) is 0.286. The second kappa shape index (κ2) is 9.49. The molecule has 0 radical (unpaired) electrons. The summed E-state index contributed by atoms with van der Waals surface area (Å²) in [6, 6.07) is 15.8. The van der Waals surface area contributed by atoms with Gasteiger partial charge in [0.25, 0.3) is 0 Å². The highest BCUT2D eigenvalue weighted by Gasteiger charge is 2.22. The number of nitrogens with one attached hydrogen (secondary N) is 1. The number of aliphatic hydroxyl groups excluding tert-OH is 2. The molecule has 0 unspecified atom stereocenters. The molecule has 0 bridgehead atoms. The molecule has 1 heterocycles. The van der Waals surface area contributed by atoms with Gasteiger partial charge < -0.3 is 21.3 Å². The van der Waals surface area contributed by atoms with Gasteiger partial charge >= 0.3 is 0 Å². The van der Waals surface area contributed by atoms with Gasteiger partial charge in [-0.25, -0.2) is 4.98 Å². The van der Waals surface area contributed by atoms with Gasteiger partial charge in [0.1, 0.15) is 0 Å². The van der Waals surface area contributed by atoms with Crippen molar-refractivity contribution in [1.82, 2.24) is 4.98 Å². The van der Waals surface area contributed by atoms with Gasteiger partial charge in [0.2, 0.25) is 0 Å². The molecule has 3 rings (SSSR count).